The van der Waals surface area contributed by atoms with Crippen LogP contribution in [-0.4, -0.2) is 46.9 Å². The van der Waals surface area contributed by atoms with Gasteiger partial charge in [0.15, 0.2) is 5.83 Å². The van der Waals surface area contributed by atoms with E-state index in [4.69, 9.17) is 0 Å². The number of hydrogen-bond acceptors (Lipinski definition) is 0. The highest BCUT2D eigenvalue weighted by atomic mass is 19.4. The van der Waals surface area contributed by atoms with Crippen LogP contribution in [0.4, 0.5) is 70.2 Å². The summed E-state index contributed by atoms with van der Waals surface area (Å²) < 4.78 is 213. The Hall–Kier alpha value is -1.38. The van der Waals surface area contributed by atoms with Gasteiger partial charge in [-0.15, -0.1) is 0 Å². The lowest BCUT2D eigenvalue weighted by atomic mass is 9.59. The monoisotopic (exact) mass is 424 g/mol. The van der Waals surface area contributed by atoms with Gasteiger partial charge < -0.3 is 0 Å². The molecule has 2 aliphatic rings. The van der Waals surface area contributed by atoms with Crippen LogP contribution in [0.15, 0.2) is 11.7 Å². The van der Waals surface area contributed by atoms with E-state index in [1.165, 1.54) is 0 Å². The zero-order valence-electron chi connectivity index (χ0n) is 11.0. The summed E-state index contributed by atoms with van der Waals surface area (Å²) in [6.45, 7) is 0. The molecule has 1 saturated carbocycles. The molecule has 0 radical (unpaired) electrons. The summed E-state index contributed by atoms with van der Waals surface area (Å²) in [5.74, 6) is -56.2. The standard InChI is InChI=1S/C10F16/c11-1-2(12)4(14,15)7(19,20)5(16)3(1,13)6(17,18)9(23,24)10(25,26)8(5,21)22. The first-order valence-corrected chi connectivity index (χ1v) is 5.77. The summed E-state index contributed by atoms with van der Waals surface area (Å²) in [5.41, 5.74) is -15.6. The minimum Gasteiger partial charge on any atom is -0.225 e. The average molecular weight is 424 g/mol. The van der Waals surface area contributed by atoms with Gasteiger partial charge in [0.2, 0.25) is 5.83 Å². The van der Waals surface area contributed by atoms with E-state index in [-0.39, 0.29) is 0 Å². The average Bonchev–Trinajstić information content (AvgIpc) is 2.48. The van der Waals surface area contributed by atoms with Crippen molar-refractivity contribution in [1.82, 2.24) is 0 Å². The van der Waals surface area contributed by atoms with Gasteiger partial charge in [0.25, 0.3) is 11.3 Å². The first kappa shape index (κ1) is 20.9. The Labute approximate surface area is 130 Å². The first-order valence-electron chi connectivity index (χ1n) is 5.77. The molecule has 0 heterocycles. The molecular formula is C10F16. The van der Waals surface area contributed by atoms with Crippen LogP contribution in [0.2, 0.25) is 0 Å². The van der Waals surface area contributed by atoms with Gasteiger partial charge in [-0.25, -0.2) is 17.6 Å². The predicted octanol–water partition coefficient (Wildman–Crippen LogP) is 5.39. The molecule has 0 N–H and O–H groups in total. The van der Waals surface area contributed by atoms with E-state index in [1.54, 1.807) is 0 Å². The van der Waals surface area contributed by atoms with Crippen molar-refractivity contribution < 1.29 is 70.2 Å². The van der Waals surface area contributed by atoms with Gasteiger partial charge in [0, 0.05) is 0 Å². The van der Waals surface area contributed by atoms with Crippen molar-refractivity contribution in [2.75, 3.05) is 0 Å². The number of alkyl halides is 14. The Kier molecular flexibility index (Phi) is 3.51. The highest BCUT2D eigenvalue weighted by molar-refractivity contribution is 5.47. The lowest BCUT2D eigenvalue weighted by Gasteiger charge is -2.58. The molecule has 0 aromatic heterocycles. The molecule has 0 aromatic rings. The van der Waals surface area contributed by atoms with Gasteiger partial charge in [0.05, 0.1) is 0 Å². The molecule has 0 bridgehead atoms. The van der Waals surface area contributed by atoms with Crippen molar-refractivity contribution in [3.63, 3.8) is 0 Å². The van der Waals surface area contributed by atoms with E-state index in [9.17, 15) is 70.2 Å². The first-order chi connectivity index (χ1) is 11.1. The fraction of sp³-hybridized carbons (Fsp3) is 0.800. The molecule has 0 nitrogen and oxygen atoms in total. The fourth-order valence-corrected chi connectivity index (χ4v) is 2.61. The summed E-state index contributed by atoms with van der Waals surface area (Å²) in [6, 6.07) is 0. The second kappa shape index (κ2) is 4.36. The summed E-state index contributed by atoms with van der Waals surface area (Å²) >= 11 is 0. The molecule has 16 heteroatoms. The van der Waals surface area contributed by atoms with E-state index in [0.717, 1.165) is 0 Å². The van der Waals surface area contributed by atoms with Crippen molar-refractivity contribution in [3.05, 3.63) is 11.7 Å². The predicted molar refractivity (Wildman–Crippen MR) is 46.6 cm³/mol. The van der Waals surface area contributed by atoms with Crippen LogP contribution in [-0.2, 0) is 0 Å². The van der Waals surface area contributed by atoms with Gasteiger partial charge in [-0.2, -0.15) is 52.7 Å². The molecule has 0 saturated heterocycles. The molecule has 0 aliphatic heterocycles. The Morgan fingerprint density at radius 1 is 0.385 bits per heavy atom. The zero-order chi connectivity index (χ0) is 21.2. The minimum atomic E-state index is -8.06. The van der Waals surface area contributed by atoms with E-state index in [1.807, 2.05) is 0 Å². The maximum atomic E-state index is 14.1. The SMILES string of the molecule is FC1=C(F)C2(F)C(F)(F)C(F)(F)C(F)(F)C(F)(F)C2(F)C(F)(F)C1(F)F. The fourth-order valence-electron chi connectivity index (χ4n) is 2.61. The van der Waals surface area contributed by atoms with E-state index >= 15 is 0 Å². The quantitative estimate of drug-likeness (QED) is 0.458. The van der Waals surface area contributed by atoms with Crippen LogP contribution >= 0.6 is 0 Å². The van der Waals surface area contributed by atoms with Crippen molar-refractivity contribution in [2.24, 2.45) is 0 Å². The molecule has 0 aromatic carbocycles. The van der Waals surface area contributed by atoms with E-state index in [2.05, 4.69) is 0 Å². The number of halogens is 16. The summed E-state index contributed by atoms with van der Waals surface area (Å²) in [5, 5.41) is 0. The van der Waals surface area contributed by atoms with Gasteiger partial charge in [-0.1, -0.05) is 0 Å². The molecule has 152 valence electrons. The largest absolute Gasteiger partial charge is 0.382 e. The third-order valence-electron chi connectivity index (χ3n) is 4.12. The van der Waals surface area contributed by atoms with Gasteiger partial charge in [0.1, 0.15) is 0 Å². The topological polar surface area (TPSA) is 0 Å². The third kappa shape index (κ3) is 1.41. The van der Waals surface area contributed by atoms with Crippen molar-refractivity contribution in [1.29, 1.82) is 0 Å². The number of allylic oxidation sites excluding steroid dienone is 2. The lowest BCUT2D eigenvalue weighted by Crippen LogP contribution is -2.91. The van der Waals surface area contributed by atoms with E-state index in [0.29, 0.717) is 0 Å². The number of hydrogen-bond donors (Lipinski definition) is 0. The number of fused-ring (bicyclic) bond motifs is 1. The Morgan fingerprint density at radius 3 is 1.12 bits per heavy atom. The second-order valence-electron chi connectivity index (χ2n) is 5.39. The molecule has 2 unspecified atom stereocenters. The molecule has 0 amide bonds. The lowest BCUT2D eigenvalue weighted by molar-refractivity contribution is -0.495. The molecule has 2 atom stereocenters. The Balaban J connectivity index is 3.19. The van der Waals surface area contributed by atoms with E-state index < -0.39 is 58.5 Å². The van der Waals surface area contributed by atoms with Gasteiger partial charge in [-0.05, 0) is 0 Å². The smallest absolute Gasteiger partial charge is 0.225 e. The van der Waals surface area contributed by atoms with Crippen LogP contribution < -0.4 is 0 Å². The Morgan fingerprint density at radius 2 is 0.731 bits per heavy atom. The van der Waals surface area contributed by atoms with Crippen LogP contribution in [0.25, 0.3) is 0 Å². The summed E-state index contributed by atoms with van der Waals surface area (Å²) in [6.07, 6.45) is 0. The molecule has 2 rings (SSSR count). The third-order valence-corrected chi connectivity index (χ3v) is 4.12. The number of rotatable bonds is 0. The molecule has 26 heavy (non-hydrogen) atoms. The molecular weight excluding hydrogens is 424 g/mol. The molecule has 1 fully saturated rings. The Bertz CT molecular complexity index is 687. The van der Waals surface area contributed by atoms with Crippen molar-refractivity contribution in [3.8, 4) is 0 Å². The normalized spacial score (nSPS) is 41.5. The van der Waals surface area contributed by atoms with Gasteiger partial charge >= 0.3 is 35.5 Å². The molecule has 0 spiro atoms. The highest BCUT2D eigenvalue weighted by Gasteiger charge is 3.08. The van der Waals surface area contributed by atoms with Crippen molar-refractivity contribution in [2.45, 2.75) is 46.9 Å². The van der Waals surface area contributed by atoms with Crippen molar-refractivity contribution >= 4 is 0 Å². The van der Waals surface area contributed by atoms with Gasteiger partial charge in [-0.3, -0.25) is 0 Å². The maximum Gasteiger partial charge on any atom is 0.382 e. The van der Waals surface area contributed by atoms with Crippen LogP contribution in [0.1, 0.15) is 0 Å². The van der Waals surface area contributed by atoms with Crippen LogP contribution in [0.5, 0.6) is 0 Å². The summed E-state index contributed by atoms with van der Waals surface area (Å²) in [7, 11) is 0. The van der Waals surface area contributed by atoms with Crippen LogP contribution in [0.3, 0.4) is 0 Å². The molecule has 2 aliphatic carbocycles. The second-order valence-corrected chi connectivity index (χ2v) is 5.39. The highest BCUT2D eigenvalue weighted by Crippen LogP contribution is 2.77. The summed E-state index contributed by atoms with van der Waals surface area (Å²) in [4.78, 5) is 0. The minimum absolute atomic E-state index is 4.64. The van der Waals surface area contributed by atoms with Crippen LogP contribution in [0, 0.1) is 0 Å². The zero-order valence-corrected chi connectivity index (χ0v) is 11.0. The maximum absolute atomic E-state index is 14.1.